The number of para-hydroxylation sites is 1. The molecule has 0 aliphatic rings. The van der Waals surface area contributed by atoms with Crippen LogP contribution in [0.25, 0.3) is 21.8 Å². The average Bonchev–Trinajstić information content (AvgIpc) is 2.78. The second-order valence-corrected chi connectivity index (χ2v) is 6.14. The summed E-state index contributed by atoms with van der Waals surface area (Å²) in [7, 11) is 0. The van der Waals surface area contributed by atoms with Gasteiger partial charge in [-0.15, -0.1) is 0 Å². The largest absolute Gasteiger partial charge is 0.340 e. The Morgan fingerprint density at radius 2 is 1.76 bits per heavy atom. The van der Waals surface area contributed by atoms with Gasteiger partial charge in [-0.3, -0.25) is 4.79 Å². The number of carbonyl (C=O) groups excluding carboxylic acids is 1. The Labute approximate surface area is 125 Å². The molecule has 0 atom stereocenters. The van der Waals surface area contributed by atoms with Gasteiger partial charge in [-0.1, -0.05) is 32.0 Å². The maximum absolute atomic E-state index is 11.6. The van der Waals surface area contributed by atoms with Crippen LogP contribution in [0.15, 0.2) is 42.5 Å². The molecule has 21 heavy (non-hydrogen) atoms. The number of fused-ring (bicyclic) bond motifs is 3. The lowest BCUT2D eigenvalue weighted by molar-refractivity contribution is 0.101. The second-order valence-electron chi connectivity index (χ2n) is 6.14. The van der Waals surface area contributed by atoms with Gasteiger partial charge in [0.25, 0.3) is 0 Å². The lowest BCUT2D eigenvalue weighted by atomic mass is 10.1. The Morgan fingerprint density at radius 3 is 2.48 bits per heavy atom. The fourth-order valence-electron chi connectivity index (χ4n) is 2.90. The summed E-state index contributed by atoms with van der Waals surface area (Å²) in [4.78, 5) is 11.6. The van der Waals surface area contributed by atoms with Crippen molar-refractivity contribution in [3.63, 3.8) is 0 Å². The molecular weight excluding hydrogens is 258 g/mol. The third-order valence-corrected chi connectivity index (χ3v) is 4.11. The molecule has 2 aromatic carbocycles. The minimum atomic E-state index is 0.121. The third-order valence-electron chi connectivity index (χ3n) is 4.11. The molecule has 0 bridgehead atoms. The van der Waals surface area contributed by atoms with Crippen LogP contribution in [0, 0.1) is 5.92 Å². The van der Waals surface area contributed by atoms with E-state index in [1.54, 1.807) is 6.92 Å². The van der Waals surface area contributed by atoms with Crippen LogP contribution in [-0.4, -0.2) is 10.4 Å². The van der Waals surface area contributed by atoms with Crippen molar-refractivity contribution in [3.8, 4) is 0 Å². The van der Waals surface area contributed by atoms with Gasteiger partial charge in [0.15, 0.2) is 5.78 Å². The van der Waals surface area contributed by atoms with Gasteiger partial charge >= 0.3 is 0 Å². The number of benzene rings is 2. The summed E-state index contributed by atoms with van der Waals surface area (Å²) in [6.07, 6.45) is 1.15. The SMILES string of the molecule is CC(=O)c1ccc2c(c1)c1ccccc1n2CCC(C)C. The van der Waals surface area contributed by atoms with Gasteiger partial charge < -0.3 is 4.57 Å². The van der Waals surface area contributed by atoms with Gasteiger partial charge in [-0.25, -0.2) is 0 Å². The Hall–Kier alpha value is -2.09. The lowest BCUT2D eigenvalue weighted by Gasteiger charge is -2.09. The van der Waals surface area contributed by atoms with Gasteiger partial charge in [0.05, 0.1) is 0 Å². The van der Waals surface area contributed by atoms with E-state index < -0.39 is 0 Å². The maximum Gasteiger partial charge on any atom is 0.159 e. The number of rotatable bonds is 4. The molecule has 1 aromatic heterocycles. The van der Waals surface area contributed by atoms with Crippen LogP contribution in [0.5, 0.6) is 0 Å². The van der Waals surface area contributed by atoms with Crippen LogP contribution >= 0.6 is 0 Å². The van der Waals surface area contributed by atoms with E-state index in [2.05, 4.69) is 48.7 Å². The first kappa shape index (κ1) is 13.9. The van der Waals surface area contributed by atoms with Gasteiger partial charge in [-0.2, -0.15) is 0 Å². The number of aryl methyl sites for hydroxylation is 1. The first-order valence-corrected chi connectivity index (χ1v) is 7.60. The molecule has 2 heteroatoms. The summed E-state index contributed by atoms with van der Waals surface area (Å²) >= 11 is 0. The average molecular weight is 279 g/mol. The van der Waals surface area contributed by atoms with Crippen LogP contribution < -0.4 is 0 Å². The third kappa shape index (κ3) is 2.46. The molecule has 3 rings (SSSR count). The number of ketones is 1. The van der Waals surface area contributed by atoms with Crippen LogP contribution in [0.1, 0.15) is 37.6 Å². The summed E-state index contributed by atoms with van der Waals surface area (Å²) in [5.74, 6) is 0.800. The zero-order valence-corrected chi connectivity index (χ0v) is 12.9. The quantitative estimate of drug-likeness (QED) is 0.613. The Morgan fingerprint density at radius 1 is 1.05 bits per heavy atom. The molecule has 0 unspecified atom stereocenters. The Balaban J connectivity index is 2.26. The second kappa shape index (κ2) is 5.36. The number of Topliss-reactive ketones (excluding diaryl/α,β-unsaturated/α-hetero) is 1. The number of nitrogens with zero attached hydrogens (tertiary/aromatic N) is 1. The zero-order chi connectivity index (χ0) is 15.0. The van der Waals surface area contributed by atoms with E-state index in [1.165, 1.54) is 21.8 Å². The molecular formula is C19H21NO. The fraction of sp³-hybridized carbons (Fsp3) is 0.316. The fourth-order valence-corrected chi connectivity index (χ4v) is 2.90. The number of hydrogen-bond donors (Lipinski definition) is 0. The number of carbonyl (C=O) groups is 1. The molecule has 0 aliphatic carbocycles. The smallest absolute Gasteiger partial charge is 0.159 e. The van der Waals surface area contributed by atoms with Crippen molar-refractivity contribution >= 4 is 27.6 Å². The summed E-state index contributed by atoms with van der Waals surface area (Å²) in [5, 5.41) is 2.42. The van der Waals surface area contributed by atoms with Crippen molar-refractivity contribution in [3.05, 3.63) is 48.0 Å². The molecule has 0 radical (unpaired) electrons. The monoisotopic (exact) mass is 279 g/mol. The molecule has 3 aromatic rings. The molecule has 0 aliphatic heterocycles. The minimum absolute atomic E-state index is 0.121. The number of aromatic nitrogens is 1. The van der Waals surface area contributed by atoms with Gasteiger partial charge in [0.1, 0.15) is 0 Å². The maximum atomic E-state index is 11.6. The lowest BCUT2D eigenvalue weighted by Crippen LogP contribution is -2.01. The number of hydrogen-bond acceptors (Lipinski definition) is 1. The van der Waals surface area contributed by atoms with E-state index in [0.29, 0.717) is 5.92 Å². The highest BCUT2D eigenvalue weighted by molar-refractivity contribution is 6.10. The summed E-state index contributed by atoms with van der Waals surface area (Å²) in [6, 6.07) is 14.5. The predicted octanol–water partition coefficient (Wildman–Crippen LogP) is 5.04. The Bertz CT molecular complexity index is 811. The molecule has 108 valence electrons. The van der Waals surface area contributed by atoms with Gasteiger partial charge in [0, 0.05) is 33.9 Å². The van der Waals surface area contributed by atoms with Crippen LogP contribution in [0.2, 0.25) is 0 Å². The van der Waals surface area contributed by atoms with Gasteiger partial charge in [0.2, 0.25) is 0 Å². The summed E-state index contributed by atoms with van der Waals surface area (Å²) < 4.78 is 2.38. The normalized spacial score (nSPS) is 11.6. The standard InChI is InChI=1S/C19H21NO/c1-13(2)10-11-20-18-7-5-4-6-16(18)17-12-15(14(3)21)8-9-19(17)20/h4-9,12-13H,10-11H2,1-3H3. The van der Waals surface area contributed by atoms with E-state index in [4.69, 9.17) is 0 Å². The first-order valence-electron chi connectivity index (χ1n) is 7.60. The zero-order valence-electron chi connectivity index (χ0n) is 12.9. The van der Waals surface area contributed by atoms with Gasteiger partial charge in [-0.05, 0) is 43.5 Å². The van der Waals surface area contributed by atoms with Crippen LogP contribution in [0.3, 0.4) is 0 Å². The van der Waals surface area contributed by atoms with E-state index in [9.17, 15) is 4.79 Å². The first-order chi connectivity index (χ1) is 10.1. The van der Waals surface area contributed by atoms with Crippen LogP contribution in [-0.2, 0) is 6.54 Å². The molecule has 0 spiro atoms. The van der Waals surface area contributed by atoms with Crippen molar-refractivity contribution in [1.29, 1.82) is 0 Å². The van der Waals surface area contributed by atoms with Crippen LogP contribution in [0.4, 0.5) is 0 Å². The van der Waals surface area contributed by atoms with E-state index in [0.717, 1.165) is 18.5 Å². The topological polar surface area (TPSA) is 22.0 Å². The molecule has 2 nitrogen and oxygen atoms in total. The highest BCUT2D eigenvalue weighted by Gasteiger charge is 2.12. The highest BCUT2D eigenvalue weighted by Crippen LogP contribution is 2.30. The van der Waals surface area contributed by atoms with Crippen molar-refractivity contribution < 1.29 is 4.79 Å². The van der Waals surface area contributed by atoms with Crippen molar-refractivity contribution in [2.75, 3.05) is 0 Å². The minimum Gasteiger partial charge on any atom is -0.340 e. The van der Waals surface area contributed by atoms with Crippen molar-refractivity contribution in [2.45, 2.75) is 33.7 Å². The van der Waals surface area contributed by atoms with E-state index in [1.807, 2.05) is 12.1 Å². The molecule has 1 heterocycles. The molecule has 0 fully saturated rings. The van der Waals surface area contributed by atoms with Crippen molar-refractivity contribution in [1.82, 2.24) is 4.57 Å². The van der Waals surface area contributed by atoms with E-state index in [-0.39, 0.29) is 5.78 Å². The predicted molar refractivity (Wildman–Crippen MR) is 88.9 cm³/mol. The highest BCUT2D eigenvalue weighted by atomic mass is 16.1. The molecule has 0 N–H and O–H groups in total. The molecule has 0 saturated carbocycles. The van der Waals surface area contributed by atoms with E-state index >= 15 is 0 Å². The molecule has 0 saturated heterocycles. The summed E-state index contributed by atoms with van der Waals surface area (Å²) in [6.45, 7) is 7.14. The summed E-state index contributed by atoms with van der Waals surface area (Å²) in [5.41, 5.74) is 3.27. The Kier molecular flexibility index (Phi) is 3.54. The van der Waals surface area contributed by atoms with Crippen molar-refractivity contribution in [2.24, 2.45) is 5.92 Å². The molecule has 0 amide bonds.